The summed E-state index contributed by atoms with van der Waals surface area (Å²) in [7, 11) is 4.72. The average molecular weight is 507 g/mol. The highest BCUT2D eigenvalue weighted by Crippen LogP contribution is 2.50. The summed E-state index contributed by atoms with van der Waals surface area (Å²) in [6.07, 6.45) is 2.18. The van der Waals surface area contributed by atoms with Gasteiger partial charge in [-0.3, -0.25) is 4.79 Å². The molecule has 2 aromatic carbocycles. The van der Waals surface area contributed by atoms with Crippen molar-refractivity contribution in [1.29, 1.82) is 0 Å². The minimum absolute atomic E-state index is 0.0995. The minimum Gasteiger partial charge on any atom is -0.504 e. The summed E-state index contributed by atoms with van der Waals surface area (Å²) in [5.74, 6) is 1.58. The second kappa shape index (κ2) is 7.78. The van der Waals surface area contributed by atoms with Crippen molar-refractivity contribution in [2.75, 3.05) is 26.6 Å². The minimum atomic E-state index is -0.281. The first-order valence-corrected chi connectivity index (χ1v) is 10.4. The van der Waals surface area contributed by atoms with Gasteiger partial charge in [-0.2, -0.15) is 0 Å². The molecule has 0 fully saturated rings. The van der Waals surface area contributed by atoms with Crippen LogP contribution in [0, 0.1) is 3.57 Å². The van der Waals surface area contributed by atoms with Crippen LogP contribution in [0.25, 0.3) is 0 Å². The van der Waals surface area contributed by atoms with Crippen LogP contribution in [0.3, 0.4) is 0 Å². The van der Waals surface area contributed by atoms with Crippen LogP contribution in [0.15, 0.2) is 35.5 Å². The number of ketones is 1. The third-order valence-electron chi connectivity index (χ3n) is 5.50. The molecule has 2 aromatic rings. The summed E-state index contributed by atoms with van der Waals surface area (Å²) in [5, 5.41) is 13.7. The van der Waals surface area contributed by atoms with Crippen LogP contribution in [0.2, 0.25) is 0 Å². The van der Waals surface area contributed by atoms with Crippen molar-refractivity contribution in [3.05, 3.63) is 50.2 Å². The van der Waals surface area contributed by atoms with Crippen molar-refractivity contribution in [3.8, 4) is 23.0 Å². The first-order chi connectivity index (χ1) is 14.0. The van der Waals surface area contributed by atoms with E-state index in [4.69, 9.17) is 14.2 Å². The van der Waals surface area contributed by atoms with Gasteiger partial charge in [0.15, 0.2) is 28.8 Å². The highest BCUT2D eigenvalue weighted by Gasteiger charge is 2.36. The molecule has 29 heavy (non-hydrogen) atoms. The van der Waals surface area contributed by atoms with Crippen molar-refractivity contribution in [1.82, 2.24) is 0 Å². The molecule has 6 nitrogen and oxygen atoms in total. The van der Waals surface area contributed by atoms with Crippen LogP contribution in [0.5, 0.6) is 23.0 Å². The molecule has 2 N–H and O–H groups in total. The Labute approximate surface area is 183 Å². The summed E-state index contributed by atoms with van der Waals surface area (Å²) in [6.45, 7) is 0. The summed E-state index contributed by atoms with van der Waals surface area (Å²) in [6, 6.07) is 7.54. The van der Waals surface area contributed by atoms with Gasteiger partial charge in [0.25, 0.3) is 0 Å². The number of aromatic hydroxyl groups is 1. The van der Waals surface area contributed by atoms with E-state index in [0.29, 0.717) is 27.2 Å². The number of ether oxygens (including phenoxy) is 3. The Morgan fingerprint density at radius 3 is 2.38 bits per heavy atom. The van der Waals surface area contributed by atoms with Crippen molar-refractivity contribution in [3.63, 3.8) is 0 Å². The third kappa shape index (κ3) is 3.31. The summed E-state index contributed by atoms with van der Waals surface area (Å²) >= 11 is 2.08. The number of fused-ring (bicyclic) bond motifs is 1. The van der Waals surface area contributed by atoms with E-state index < -0.39 is 0 Å². The van der Waals surface area contributed by atoms with E-state index in [1.54, 1.807) is 20.3 Å². The Bertz CT molecular complexity index is 1030. The van der Waals surface area contributed by atoms with Crippen molar-refractivity contribution in [2.24, 2.45) is 0 Å². The van der Waals surface area contributed by atoms with Crippen LogP contribution in [0.4, 0.5) is 5.69 Å². The number of nitrogens with one attached hydrogen (secondary N) is 1. The van der Waals surface area contributed by atoms with Gasteiger partial charge in [0.05, 0.1) is 24.9 Å². The van der Waals surface area contributed by atoms with Crippen LogP contribution >= 0.6 is 22.6 Å². The van der Waals surface area contributed by atoms with Gasteiger partial charge in [-0.25, -0.2) is 0 Å². The SMILES string of the molecule is COc1cc2c(cc1OC)[C@H](c1cc(I)c(O)c(OC)c1)C1=C(CCCC1=O)N2. The van der Waals surface area contributed by atoms with Gasteiger partial charge < -0.3 is 24.6 Å². The quantitative estimate of drug-likeness (QED) is 0.590. The molecule has 2 aliphatic rings. The molecule has 1 aliphatic carbocycles. The standard InChI is InChI=1S/C22H22INO5/c1-27-17-9-12-15(10-18(17)28-2)24-14-5-4-6-16(25)21(14)20(12)11-7-13(23)22(26)19(8-11)29-3/h7-10,20,24,26H,4-6H2,1-3H3/t20-/m0/s1. The van der Waals surface area contributed by atoms with E-state index in [1.807, 2.05) is 18.2 Å². The maximum Gasteiger partial charge on any atom is 0.171 e. The largest absolute Gasteiger partial charge is 0.504 e. The third-order valence-corrected chi connectivity index (χ3v) is 6.32. The maximum absolute atomic E-state index is 13.0. The lowest BCUT2D eigenvalue weighted by molar-refractivity contribution is -0.116. The number of rotatable bonds is 4. The molecule has 0 saturated carbocycles. The Balaban J connectivity index is 1.99. The van der Waals surface area contributed by atoms with Crippen molar-refractivity contribution in [2.45, 2.75) is 25.2 Å². The van der Waals surface area contributed by atoms with Gasteiger partial charge in [0.2, 0.25) is 0 Å². The zero-order valence-electron chi connectivity index (χ0n) is 16.5. The summed E-state index contributed by atoms with van der Waals surface area (Å²) in [4.78, 5) is 13.0. The lowest BCUT2D eigenvalue weighted by Crippen LogP contribution is -2.27. The maximum atomic E-state index is 13.0. The number of anilines is 1. The lowest BCUT2D eigenvalue weighted by atomic mass is 9.75. The molecule has 0 aromatic heterocycles. The molecular formula is C22H22INO5. The second-order valence-corrected chi connectivity index (χ2v) is 8.24. The lowest BCUT2D eigenvalue weighted by Gasteiger charge is -2.34. The van der Waals surface area contributed by atoms with Gasteiger partial charge in [-0.05, 0) is 64.8 Å². The number of hydrogen-bond acceptors (Lipinski definition) is 6. The molecule has 152 valence electrons. The van der Waals surface area contributed by atoms with Crippen LogP contribution in [-0.2, 0) is 4.79 Å². The van der Waals surface area contributed by atoms with Gasteiger partial charge in [0.1, 0.15) is 0 Å². The van der Waals surface area contributed by atoms with Gasteiger partial charge >= 0.3 is 0 Å². The monoisotopic (exact) mass is 507 g/mol. The molecule has 7 heteroatoms. The highest BCUT2D eigenvalue weighted by atomic mass is 127. The molecule has 0 radical (unpaired) electrons. The predicted octanol–water partition coefficient (Wildman–Crippen LogP) is 4.59. The van der Waals surface area contributed by atoms with Crippen molar-refractivity contribution >= 4 is 34.1 Å². The topological polar surface area (TPSA) is 77.0 Å². The van der Waals surface area contributed by atoms with E-state index in [0.717, 1.165) is 40.9 Å². The number of phenolic OH excluding ortho intramolecular Hbond substituents is 1. The summed E-state index contributed by atoms with van der Waals surface area (Å²) in [5.41, 5.74) is 4.44. The van der Waals surface area contributed by atoms with E-state index in [1.165, 1.54) is 7.11 Å². The van der Waals surface area contributed by atoms with Crippen LogP contribution < -0.4 is 19.5 Å². The smallest absolute Gasteiger partial charge is 0.171 e. The number of carbonyl (C=O) groups excluding carboxylic acids is 1. The zero-order chi connectivity index (χ0) is 20.7. The highest BCUT2D eigenvalue weighted by molar-refractivity contribution is 14.1. The number of benzene rings is 2. The fraction of sp³-hybridized carbons (Fsp3) is 0.318. The number of phenols is 1. The molecular weight excluding hydrogens is 485 g/mol. The molecule has 1 heterocycles. The molecule has 0 amide bonds. The molecule has 4 rings (SSSR count). The fourth-order valence-corrected chi connectivity index (χ4v) is 4.78. The Hall–Kier alpha value is -2.42. The molecule has 0 saturated heterocycles. The van der Waals surface area contributed by atoms with Crippen molar-refractivity contribution < 1.29 is 24.1 Å². The zero-order valence-corrected chi connectivity index (χ0v) is 18.6. The Morgan fingerprint density at radius 2 is 1.69 bits per heavy atom. The van der Waals surface area contributed by atoms with Gasteiger partial charge in [0, 0.05) is 35.4 Å². The normalized spacial score (nSPS) is 17.9. The Kier molecular flexibility index (Phi) is 5.33. The Morgan fingerprint density at radius 1 is 1.00 bits per heavy atom. The van der Waals surface area contributed by atoms with Crippen LogP contribution in [-0.4, -0.2) is 32.2 Å². The van der Waals surface area contributed by atoms with E-state index >= 15 is 0 Å². The number of hydrogen-bond donors (Lipinski definition) is 2. The van der Waals surface area contributed by atoms with E-state index in [9.17, 15) is 9.90 Å². The summed E-state index contributed by atoms with van der Waals surface area (Å²) < 4.78 is 17.0. The molecule has 0 bridgehead atoms. The average Bonchev–Trinajstić information content (AvgIpc) is 2.73. The molecule has 1 atom stereocenters. The van der Waals surface area contributed by atoms with Gasteiger partial charge in [-0.1, -0.05) is 0 Å². The second-order valence-electron chi connectivity index (χ2n) is 7.08. The van der Waals surface area contributed by atoms with E-state index in [-0.39, 0.29) is 17.5 Å². The fourth-order valence-electron chi connectivity index (χ4n) is 4.15. The van der Waals surface area contributed by atoms with E-state index in [2.05, 4.69) is 27.9 Å². The predicted molar refractivity (Wildman–Crippen MR) is 118 cm³/mol. The first kappa shape index (κ1) is 19.9. The molecule has 0 spiro atoms. The number of halogens is 1. The number of methoxy groups -OCH3 is 3. The number of allylic oxidation sites excluding steroid dienone is 2. The number of Topliss-reactive ketones (excluding diaryl/α,β-unsaturated/α-hetero) is 1. The molecule has 1 aliphatic heterocycles. The van der Waals surface area contributed by atoms with Gasteiger partial charge in [-0.15, -0.1) is 0 Å². The molecule has 0 unspecified atom stereocenters. The number of carbonyl (C=O) groups is 1. The first-order valence-electron chi connectivity index (χ1n) is 9.34. The van der Waals surface area contributed by atoms with Crippen LogP contribution in [0.1, 0.15) is 36.3 Å².